The highest BCUT2D eigenvalue weighted by molar-refractivity contribution is 6.17. The van der Waals surface area contributed by atoms with Gasteiger partial charge in [-0.15, -0.1) is 11.6 Å². The van der Waals surface area contributed by atoms with E-state index in [0.29, 0.717) is 11.6 Å². The van der Waals surface area contributed by atoms with Gasteiger partial charge in [-0.05, 0) is 18.1 Å². The highest BCUT2D eigenvalue weighted by Gasteiger charge is 2.12. The van der Waals surface area contributed by atoms with Crippen LogP contribution in [0.4, 0.5) is 0 Å². The second-order valence-electron chi connectivity index (χ2n) is 4.89. The van der Waals surface area contributed by atoms with E-state index in [2.05, 4.69) is 36.8 Å². The molecule has 0 aliphatic heterocycles. The summed E-state index contributed by atoms with van der Waals surface area (Å²) in [6, 6.07) is 7.97. The second-order valence-corrected chi connectivity index (χ2v) is 5.16. The fourth-order valence-electron chi connectivity index (χ4n) is 1.89. The smallest absolute Gasteiger partial charge is 0.168 e. The van der Waals surface area contributed by atoms with Gasteiger partial charge in [0.05, 0.1) is 12.1 Å². The van der Waals surface area contributed by atoms with E-state index in [1.807, 2.05) is 18.2 Å². The lowest BCUT2D eigenvalue weighted by molar-refractivity contribution is 0.464. The molecule has 2 rings (SSSR count). The zero-order valence-corrected chi connectivity index (χ0v) is 12.8. The molecule has 0 fully saturated rings. The number of nitrogens with zero attached hydrogens (tertiary/aromatic N) is 2. The van der Waals surface area contributed by atoms with Crippen molar-refractivity contribution in [1.29, 1.82) is 0 Å². The first-order valence-electron chi connectivity index (χ1n) is 6.83. The monoisotopic (exact) mass is 290 g/mol. The standard InChI is InChI=1S/C16H19ClN2O/c1-4-12-7-5-6-8-14(12)20-15-10-18-16(11(2)3)19-13(15)9-17/h5-8,10-11H,4,9H2,1-3H3. The van der Waals surface area contributed by atoms with E-state index in [-0.39, 0.29) is 5.92 Å². The van der Waals surface area contributed by atoms with Crippen LogP contribution < -0.4 is 4.74 Å². The third-order valence-electron chi connectivity index (χ3n) is 3.06. The molecule has 0 aliphatic carbocycles. The molecule has 0 amide bonds. The number of halogens is 1. The van der Waals surface area contributed by atoms with Crippen molar-refractivity contribution in [3.8, 4) is 11.5 Å². The number of para-hydroxylation sites is 1. The predicted molar refractivity (Wildman–Crippen MR) is 81.6 cm³/mol. The third kappa shape index (κ3) is 3.28. The summed E-state index contributed by atoms with van der Waals surface area (Å²) >= 11 is 5.98. The minimum Gasteiger partial charge on any atom is -0.453 e. The van der Waals surface area contributed by atoms with Crippen LogP contribution in [0.15, 0.2) is 30.5 Å². The van der Waals surface area contributed by atoms with Gasteiger partial charge in [0.25, 0.3) is 0 Å². The lowest BCUT2D eigenvalue weighted by Crippen LogP contribution is -2.03. The van der Waals surface area contributed by atoms with Crippen LogP contribution in [0.5, 0.6) is 11.5 Å². The fourth-order valence-corrected chi connectivity index (χ4v) is 2.09. The molecule has 0 N–H and O–H groups in total. The van der Waals surface area contributed by atoms with E-state index in [1.54, 1.807) is 6.20 Å². The Bertz CT molecular complexity index is 584. The molecule has 0 aliphatic rings. The van der Waals surface area contributed by atoms with Crippen molar-refractivity contribution in [1.82, 2.24) is 9.97 Å². The van der Waals surface area contributed by atoms with Gasteiger partial charge in [-0.3, -0.25) is 0 Å². The Morgan fingerprint density at radius 1 is 1.20 bits per heavy atom. The molecule has 106 valence electrons. The van der Waals surface area contributed by atoms with Crippen molar-refractivity contribution in [2.45, 2.75) is 39.0 Å². The largest absolute Gasteiger partial charge is 0.453 e. The molecule has 0 bridgehead atoms. The molecular weight excluding hydrogens is 272 g/mol. The Morgan fingerprint density at radius 2 is 1.95 bits per heavy atom. The maximum atomic E-state index is 5.98. The number of benzene rings is 1. The zero-order valence-electron chi connectivity index (χ0n) is 12.1. The van der Waals surface area contributed by atoms with E-state index in [4.69, 9.17) is 16.3 Å². The van der Waals surface area contributed by atoms with Crippen LogP contribution in [0.1, 0.15) is 43.8 Å². The summed E-state index contributed by atoms with van der Waals surface area (Å²) < 4.78 is 5.95. The van der Waals surface area contributed by atoms with Gasteiger partial charge in [0.2, 0.25) is 0 Å². The van der Waals surface area contributed by atoms with Crippen LogP contribution in [-0.2, 0) is 12.3 Å². The van der Waals surface area contributed by atoms with E-state index in [0.717, 1.165) is 29.3 Å². The molecule has 4 heteroatoms. The molecule has 0 radical (unpaired) electrons. The van der Waals surface area contributed by atoms with Gasteiger partial charge in [0, 0.05) is 5.92 Å². The second kappa shape index (κ2) is 6.71. The van der Waals surface area contributed by atoms with Crippen molar-refractivity contribution in [2.75, 3.05) is 0 Å². The summed E-state index contributed by atoms with van der Waals surface area (Å²) in [5, 5.41) is 0. The van der Waals surface area contributed by atoms with Crippen LogP contribution in [0, 0.1) is 0 Å². The van der Waals surface area contributed by atoms with E-state index in [9.17, 15) is 0 Å². The summed E-state index contributed by atoms with van der Waals surface area (Å²) in [5.74, 6) is 2.84. The molecular formula is C16H19ClN2O. The molecule has 0 saturated carbocycles. The average Bonchev–Trinajstić information content (AvgIpc) is 2.48. The first kappa shape index (κ1) is 14.8. The van der Waals surface area contributed by atoms with E-state index < -0.39 is 0 Å². The zero-order chi connectivity index (χ0) is 14.5. The van der Waals surface area contributed by atoms with Gasteiger partial charge >= 0.3 is 0 Å². The highest BCUT2D eigenvalue weighted by atomic mass is 35.5. The maximum absolute atomic E-state index is 5.98. The molecule has 2 aromatic rings. The summed E-state index contributed by atoms with van der Waals surface area (Å²) in [5.41, 5.74) is 1.89. The Kier molecular flexibility index (Phi) is 4.96. The molecule has 0 unspecified atom stereocenters. The molecule has 1 aromatic carbocycles. The van der Waals surface area contributed by atoms with Crippen LogP contribution in [0.25, 0.3) is 0 Å². The predicted octanol–water partition coefficient (Wildman–Crippen LogP) is 4.69. The number of alkyl halides is 1. The molecule has 3 nitrogen and oxygen atoms in total. The van der Waals surface area contributed by atoms with Crippen LogP contribution in [-0.4, -0.2) is 9.97 Å². The van der Waals surface area contributed by atoms with Gasteiger partial charge in [0.15, 0.2) is 5.75 Å². The first-order valence-corrected chi connectivity index (χ1v) is 7.36. The average molecular weight is 291 g/mol. The van der Waals surface area contributed by atoms with Gasteiger partial charge in [-0.25, -0.2) is 9.97 Å². The Balaban J connectivity index is 2.33. The van der Waals surface area contributed by atoms with Gasteiger partial charge in [-0.2, -0.15) is 0 Å². The summed E-state index contributed by atoms with van der Waals surface area (Å²) in [7, 11) is 0. The number of aromatic nitrogens is 2. The molecule has 0 saturated heterocycles. The van der Waals surface area contributed by atoms with Crippen molar-refractivity contribution < 1.29 is 4.74 Å². The van der Waals surface area contributed by atoms with Gasteiger partial charge in [-0.1, -0.05) is 39.0 Å². The molecule has 20 heavy (non-hydrogen) atoms. The summed E-state index contributed by atoms with van der Waals surface area (Å²) in [6.07, 6.45) is 2.63. The lowest BCUT2D eigenvalue weighted by Gasteiger charge is -2.13. The lowest BCUT2D eigenvalue weighted by atomic mass is 10.1. The number of aryl methyl sites for hydroxylation is 1. The SMILES string of the molecule is CCc1ccccc1Oc1cnc(C(C)C)nc1CCl. The Morgan fingerprint density at radius 3 is 2.60 bits per heavy atom. The Labute approximate surface area is 125 Å². The molecule has 1 heterocycles. The summed E-state index contributed by atoms with van der Waals surface area (Å²) in [4.78, 5) is 8.82. The van der Waals surface area contributed by atoms with E-state index >= 15 is 0 Å². The topological polar surface area (TPSA) is 35.0 Å². The molecule has 0 atom stereocenters. The Hall–Kier alpha value is -1.61. The maximum Gasteiger partial charge on any atom is 0.168 e. The third-order valence-corrected chi connectivity index (χ3v) is 3.32. The molecule has 1 aromatic heterocycles. The quantitative estimate of drug-likeness (QED) is 0.749. The minimum absolute atomic E-state index is 0.272. The normalized spacial score (nSPS) is 10.8. The van der Waals surface area contributed by atoms with E-state index in [1.165, 1.54) is 0 Å². The van der Waals surface area contributed by atoms with Crippen molar-refractivity contribution in [3.63, 3.8) is 0 Å². The van der Waals surface area contributed by atoms with Crippen molar-refractivity contribution >= 4 is 11.6 Å². The number of hydrogen-bond donors (Lipinski definition) is 0. The minimum atomic E-state index is 0.272. The molecule has 0 spiro atoms. The fraction of sp³-hybridized carbons (Fsp3) is 0.375. The number of ether oxygens (including phenoxy) is 1. The highest BCUT2D eigenvalue weighted by Crippen LogP contribution is 2.28. The number of rotatable bonds is 5. The first-order chi connectivity index (χ1) is 9.65. The summed E-state index contributed by atoms with van der Waals surface area (Å²) in [6.45, 7) is 6.21. The van der Waals surface area contributed by atoms with Gasteiger partial charge in [0.1, 0.15) is 17.3 Å². The van der Waals surface area contributed by atoms with Crippen molar-refractivity contribution in [3.05, 3.63) is 47.5 Å². The van der Waals surface area contributed by atoms with Crippen LogP contribution in [0.2, 0.25) is 0 Å². The van der Waals surface area contributed by atoms with Crippen molar-refractivity contribution in [2.24, 2.45) is 0 Å². The van der Waals surface area contributed by atoms with Crippen LogP contribution >= 0.6 is 11.6 Å². The van der Waals surface area contributed by atoms with Gasteiger partial charge < -0.3 is 4.74 Å². The van der Waals surface area contributed by atoms with Crippen LogP contribution in [0.3, 0.4) is 0 Å². The number of hydrogen-bond acceptors (Lipinski definition) is 3.